The van der Waals surface area contributed by atoms with Gasteiger partial charge in [0, 0.05) is 19.2 Å². The van der Waals surface area contributed by atoms with Crippen molar-refractivity contribution in [2.75, 3.05) is 13.6 Å². The number of nitrogens with zero attached hydrogens (tertiary/aromatic N) is 1. The second-order valence-electron chi connectivity index (χ2n) is 8.85. The van der Waals surface area contributed by atoms with Gasteiger partial charge in [-0.05, 0) is 30.8 Å². The molecule has 0 saturated heterocycles. The van der Waals surface area contributed by atoms with Gasteiger partial charge in [0.05, 0.1) is 0 Å². The SMILES string of the molecule is CCCCCCCCCCCCCCCCCCN(C)C(=S)NC(=O)c1ccccc1. The Balaban J connectivity index is 1.88. The molecule has 1 aromatic carbocycles. The van der Waals surface area contributed by atoms with Crippen molar-refractivity contribution in [2.45, 2.75) is 110 Å². The molecule has 0 aromatic heterocycles. The molecular formula is C27H46N2OS. The molecule has 0 fully saturated rings. The fourth-order valence-corrected chi connectivity index (χ4v) is 4.04. The Morgan fingerprint density at radius 2 is 1.16 bits per heavy atom. The first-order valence-electron chi connectivity index (χ1n) is 12.8. The van der Waals surface area contributed by atoms with E-state index in [1.165, 1.54) is 96.3 Å². The molecule has 0 aliphatic rings. The van der Waals surface area contributed by atoms with Crippen LogP contribution in [0.2, 0.25) is 0 Å². The molecule has 0 aliphatic heterocycles. The Morgan fingerprint density at radius 1 is 0.742 bits per heavy atom. The lowest BCUT2D eigenvalue weighted by Gasteiger charge is -2.20. The van der Waals surface area contributed by atoms with Crippen LogP contribution in [0.15, 0.2) is 30.3 Å². The van der Waals surface area contributed by atoms with Crippen molar-refractivity contribution in [2.24, 2.45) is 0 Å². The fourth-order valence-electron chi connectivity index (χ4n) is 3.85. The van der Waals surface area contributed by atoms with E-state index in [-0.39, 0.29) is 5.91 Å². The lowest BCUT2D eigenvalue weighted by atomic mass is 10.0. The van der Waals surface area contributed by atoms with Crippen LogP contribution in [0, 0.1) is 0 Å². The lowest BCUT2D eigenvalue weighted by Crippen LogP contribution is -2.40. The number of nitrogens with one attached hydrogen (secondary N) is 1. The second-order valence-corrected chi connectivity index (χ2v) is 9.24. The summed E-state index contributed by atoms with van der Waals surface area (Å²) in [6, 6.07) is 9.22. The Labute approximate surface area is 197 Å². The Hall–Kier alpha value is -1.42. The maximum atomic E-state index is 12.2. The van der Waals surface area contributed by atoms with E-state index < -0.39 is 0 Å². The highest BCUT2D eigenvalue weighted by molar-refractivity contribution is 7.80. The Bertz CT molecular complexity index is 576. The quantitative estimate of drug-likeness (QED) is 0.184. The zero-order chi connectivity index (χ0) is 22.6. The van der Waals surface area contributed by atoms with E-state index in [4.69, 9.17) is 12.2 Å². The number of carbonyl (C=O) groups is 1. The molecule has 0 spiro atoms. The zero-order valence-corrected chi connectivity index (χ0v) is 21.0. The van der Waals surface area contributed by atoms with Crippen LogP contribution >= 0.6 is 12.2 Å². The molecule has 31 heavy (non-hydrogen) atoms. The van der Waals surface area contributed by atoms with Crippen molar-refractivity contribution in [3.05, 3.63) is 35.9 Å². The normalized spacial score (nSPS) is 10.8. The molecule has 0 atom stereocenters. The van der Waals surface area contributed by atoms with Crippen LogP contribution in [0.4, 0.5) is 0 Å². The van der Waals surface area contributed by atoms with Gasteiger partial charge < -0.3 is 4.90 Å². The molecule has 0 saturated carbocycles. The third kappa shape index (κ3) is 15.1. The Morgan fingerprint density at radius 3 is 1.61 bits per heavy atom. The number of hydrogen-bond donors (Lipinski definition) is 1. The first kappa shape index (κ1) is 27.6. The minimum atomic E-state index is -0.135. The average molecular weight is 447 g/mol. The third-order valence-electron chi connectivity index (χ3n) is 5.95. The van der Waals surface area contributed by atoms with Crippen LogP contribution in [0.5, 0.6) is 0 Å². The first-order chi connectivity index (χ1) is 15.1. The van der Waals surface area contributed by atoms with E-state index in [9.17, 15) is 4.79 Å². The van der Waals surface area contributed by atoms with Crippen molar-refractivity contribution in [1.82, 2.24) is 10.2 Å². The highest BCUT2D eigenvalue weighted by atomic mass is 32.1. The molecule has 0 bridgehead atoms. The molecule has 0 unspecified atom stereocenters. The van der Waals surface area contributed by atoms with Crippen LogP contribution in [-0.2, 0) is 0 Å². The molecule has 1 rings (SSSR count). The summed E-state index contributed by atoms with van der Waals surface area (Å²) in [4.78, 5) is 14.1. The zero-order valence-electron chi connectivity index (χ0n) is 20.2. The van der Waals surface area contributed by atoms with E-state index in [0.29, 0.717) is 10.7 Å². The molecule has 4 heteroatoms. The van der Waals surface area contributed by atoms with Gasteiger partial charge in [0.2, 0.25) is 0 Å². The monoisotopic (exact) mass is 446 g/mol. The number of carbonyl (C=O) groups excluding carboxylic acids is 1. The predicted octanol–water partition coefficient (Wildman–Crippen LogP) is 7.89. The average Bonchev–Trinajstić information content (AvgIpc) is 2.79. The van der Waals surface area contributed by atoms with E-state index >= 15 is 0 Å². The van der Waals surface area contributed by atoms with Gasteiger partial charge in [-0.15, -0.1) is 0 Å². The van der Waals surface area contributed by atoms with Crippen LogP contribution in [0.1, 0.15) is 120 Å². The van der Waals surface area contributed by atoms with Crippen LogP contribution in [0.3, 0.4) is 0 Å². The van der Waals surface area contributed by atoms with Gasteiger partial charge >= 0.3 is 0 Å². The highest BCUT2D eigenvalue weighted by Crippen LogP contribution is 2.13. The number of hydrogen-bond acceptors (Lipinski definition) is 2. The maximum Gasteiger partial charge on any atom is 0.257 e. The summed E-state index contributed by atoms with van der Waals surface area (Å²) < 4.78 is 0. The molecule has 1 aromatic rings. The molecule has 176 valence electrons. The number of amides is 1. The molecule has 1 N–H and O–H groups in total. The van der Waals surface area contributed by atoms with E-state index in [2.05, 4.69) is 12.2 Å². The van der Waals surface area contributed by atoms with Crippen molar-refractivity contribution < 1.29 is 4.79 Å². The number of rotatable bonds is 18. The first-order valence-corrected chi connectivity index (χ1v) is 13.2. The number of unbranched alkanes of at least 4 members (excludes halogenated alkanes) is 15. The van der Waals surface area contributed by atoms with E-state index in [1.54, 1.807) is 12.1 Å². The third-order valence-corrected chi connectivity index (χ3v) is 6.36. The largest absolute Gasteiger partial charge is 0.352 e. The van der Waals surface area contributed by atoms with Crippen LogP contribution < -0.4 is 5.32 Å². The number of thiocarbonyl (C=S) groups is 1. The summed E-state index contributed by atoms with van der Waals surface area (Å²) in [7, 11) is 1.96. The molecule has 0 radical (unpaired) electrons. The summed E-state index contributed by atoms with van der Waals surface area (Å²) >= 11 is 5.36. The minimum absolute atomic E-state index is 0.135. The molecule has 0 aliphatic carbocycles. The number of benzene rings is 1. The summed E-state index contributed by atoms with van der Waals surface area (Å²) in [5.41, 5.74) is 0.639. The van der Waals surface area contributed by atoms with E-state index in [0.717, 1.165) is 13.0 Å². The lowest BCUT2D eigenvalue weighted by molar-refractivity contribution is 0.0974. The maximum absolute atomic E-state index is 12.2. The van der Waals surface area contributed by atoms with Gasteiger partial charge in [-0.25, -0.2) is 0 Å². The smallest absolute Gasteiger partial charge is 0.257 e. The molecule has 3 nitrogen and oxygen atoms in total. The van der Waals surface area contributed by atoms with Gasteiger partial charge in [0.15, 0.2) is 5.11 Å². The standard InChI is InChI=1S/C27H46N2OS/c1-3-4-5-6-7-8-9-10-11-12-13-14-15-16-17-21-24-29(2)27(31)28-26(30)25-22-19-18-20-23-25/h18-20,22-23H,3-17,21,24H2,1-2H3,(H,28,30,31). The Kier molecular flexibility index (Phi) is 17.2. The molecular weight excluding hydrogens is 400 g/mol. The summed E-state index contributed by atoms with van der Waals surface area (Å²) in [5, 5.41) is 3.33. The summed E-state index contributed by atoms with van der Waals surface area (Å²) in [5.74, 6) is -0.135. The predicted molar refractivity (Wildman–Crippen MR) is 139 cm³/mol. The van der Waals surface area contributed by atoms with Gasteiger partial charge in [-0.2, -0.15) is 0 Å². The summed E-state index contributed by atoms with van der Waals surface area (Å²) in [6.07, 6.45) is 22.0. The second kappa shape index (κ2) is 19.3. The van der Waals surface area contributed by atoms with Gasteiger partial charge in [0.1, 0.15) is 0 Å². The summed E-state index contributed by atoms with van der Waals surface area (Å²) in [6.45, 7) is 3.18. The van der Waals surface area contributed by atoms with E-state index in [1.807, 2.05) is 30.1 Å². The van der Waals surface area contributed by atoms with Crippen molar-refractivity contribution in [3.8, 4) is 0 Å². The van der Waals surface area contributed by atoms with Crippen LogP contribution in [-0.4, -0.2) is 29.5 Å². The van der Waals surface area contributed by atoms with Gasteiger partial charge in [0.25, 0.3) is 5.91 Å². The minimum Gasteiger partial charge on any atom is -0.352 e. The molecule has 0 heterocycles. The van der Waals surface area contributed by atoms with Gasteiger partial charge in [-0.3, -0.25) is 10.1 Å². The topological polar surface area (TPSA) is 32.3 Å². The van der Waals surface area contributed by atoms with Gasteiger partial charge in [-0.1, -0.05) is 121 Å². The van der Waals surface area contributed by atoms with Crippen molar-refractivity contribution >= 4 is 23.2 Å². The highest BCUT2D eigenvalue weighted by Gasteiger charge is 2.10. The molecule has 1 amide bonds. The van der Waals surface area contributed by atoms with Crippen molar-refractivity contribution in [3.63, 3.8) is 0 Å². The van der Waals surface area contributed by atoms with Crippen molar-refractivity contribution in [1.29, 1.82) is 0 Å². The fraction of sp³-hybridized carbons (Fsp3) is 0.704. The van der Waals surface area contributed by atoms with Crippen LogP contribution in [0.25, 0.3) is 0 Å².